The molecular formula is C25H31N3O3. The number of amides is 1. The first kappa shape index (κ1) is 20.5. The number of morpholine rings is 1. The van der Waals surface area contributed by atoms with Gasteiger partial charge >= 0.3 is 0 Å². The summed E-state index contributed by atoms with van der Waals surface area (Å²) in [5.41, 5.74) is 4.39. The van der Waals surface area contributed by atoms with Gasteiger partial charge in [-0.25, -0.2) is 0 Å². The van der Waals surface area contributed by atoms with E-state index in [1.807, 2.05) is 24.4 Å². The lowest BCUT2D eigenvalue weighted by Crippen LogP contribution is -2.50. The quantitative estimate of drug-likeness (QED) is 0.820. The molecule has 1 amide bonds. The number of ether oxygens (including phenoxy) is 1. The van der Waals surface area contributed by atoms with Crippen LogP contribution in [-0.4, -0.2) is 48.5 Å². The van der Waals surface area contributed by atoms with Crippen molar-refractivity contribution in [2.75, 3.05) is 36.1 Å². The van der Waals surface area contributed by atoms with Gasteiger partial charge in [-0.1, -0.05) is 13.0 Å². The Bertz CT molecular complexity index is 954. The van der Waals surface area contributed by atoms with Gasteiger partial charge in [0.2, 0.25) is 5.91 Å². The molecule has 6 nitrogen and oxygen atoms in total. The molecule has 0 bridgehead atoms. The van der Waals surface area contributed by atoms with E-state index in [0.29, 0.717) is 0 Å². The van der Waals surface area contributed by atoms with Crippen molar-refractivity contribution in [2.24, 2.45) is 11.3 Å². The number of aliphatic hydroxyl groups excluding tert-OH is 1. The number of carbonyl (C=O) groups is 1. The lowest BCUT2D eigenvalue weighted by Gasteiger charge is -2.46. The molecule has 1 saturated heterocycles. The van der Waals surface area contributed by atoms with Gasteiger partial charge in [0.25, 0.3) is 0 Å². The zero-order valence-electron chi connectivity index (χ0n) is 18.3. The van der Waals surface area contributed by atoms with Crippen LogP contribution in [0.25, 0.3) is 0 Å². The number of nitrogens with zero attached hydrogens (tertiary/aromatic N) is 3. The minimum absolute atomic E-state index is 0.0532. The second-order valence-corrected chi connectivity index (χ2v) is 9.34. The predicted octanol–water partition coefficient (Wildman–Crippen LogP) is 3.35. The van der Waals surface area contributed by atoms with E-state index in [1.165, 1.54) is 18.2 Å². The molecule has 1 aliphatic carbocycles. The molecule has 3 atom stereocenters. The standard InChI is InChI=1S/C25H31N3O3/c1-17-23(25(8-9-25)16-19-5-3-4-10-26-19)21-15-20(27-11-13-31-14-12-27)6-7-22(21)28(18(2)29)24(17)30/h3-7,10,15,17,23-24,30H,8-9,11-14,16H2,1-2H3/t17?,23?,24-/m0/s1. The Balaban J connectivity index is 1.58. The number of rotatable bonds is 4. The fourth-order valence-corrected chi connectivity index (χ4v) is 5.73. The van der Waals surface area contributed by atoms with Crippen LogP contribution in [0, 0.1) is 11.3 Å². The Kier molecular flexibility index (Phi) is 5.22. The number of aliphatic hydroxyl groups is 1. The van der Waals surface area contributed by atoms with E-state index < -0.39 is 6.23 Å². The highest BCUT2D eigenvalue weighted by Gasteiger charge is 2.56. The number of anilines is 2. The average molecular weight is 422 g/mol. The molecule has 5 rings (SSSR count). The monoisotopic (exact) mass is 421 g/mol. The summed E-state index contributed by atoms with van der Waals surface area (Å²) in [5, 5.41) is 11.2. The van der Waals surface area contributed by atoms with Crippen molar-refractivity contribution in [3.63, 3.8) is 0 Å². The van der Waals surface area contributed by atoms with Crippen LogP contribution in [0.1, 0.15) is 43.9 Å². The third-order valence-corrected chi connectivity index (χ3v) is 7.39. The summed E-state index contributed by atoms with van der Waals surface area (Å²) >= 11 is 0. The summed E-state index contributed by atoms with van der Waals surface area (Å²) < 4.78 is 5.53. The zero-order chi connectivity index (χ0) is 21.6. The number of carbonyl (C=O) groups excluding carboxylic acids is 1. The summed E-state index contributed by atoms with van der Waals surface area (Å²) in [5.74, 6) is 0.00592. The first-order chi connectivity index (χ1) is 15.0. The maximum Gasteiger partial charge on any atom is 0.225 e. The van der Waals surface area contributed by atoms with Crippen molar-refractivity contribution in [3.05, 3.63) is 53.9 Å². The van der Waals surface area contributed by atoms with Crippen LogP contribution in [-0.2, 0) is 16.0 Å². The second kappa shape index (κ2) is 7.92. The van der Waals surface area contributed by atoms with Crippen LogP contribution in [0.15, 0.2) is 42.6 Å². The van der Waals surface area contributed by atoms with Gasteiger partial charge < -0.3 is 14.7 Å². The molecule has 2 unspecified atom stereocenters. The average Bonchev–Trinajstić information content (AvgIpc) is 3.55. The Hall–Kier alpha value is -2.44. The third kappa shape index (κ3) is 3.62. The van der Waals surface area contributed by atoms with E-state index in [4.69, 9.17) is 4.74 Å². The molecule has 1 N–H and O–H groups in total. The van der Waals surface area contributed by atoms with E-state index in [0.717, 1.165) is 56.9 Å². The molecule has 2 fully saturated rings. The van der Waals surface area contributed by atoms with E-state index >= 15 is 0 Å². The van der Waals surface area contributed by atoms with Crippen LogP contribution < -0.4 is 9.80 Å². The maximum atomic E-state index is 12.5. The van der Waals surface area contributed by atoms with Crippen LogP contribution in [0.4, 0.5) is 11.4 Å². The van der Waals surface area contributed by atoms with Gasteiger partial charge in [0, 0.05) is 49.2 Å². The first-order valence-electron chi connectivity index (χ1n) is 11.3. The van der Waals surface area contributed by atoms with Crippen molar-refractivity contribution in [1.82, 2.24) is 4.98 Å². The number of fused-ring (bicyclic) bond motifs is 1. The molecule has 31 heavy (non-hydrogen) atoms. The van der Waals surface area contributed by atoms with Crippen molar-refractivity contribution in [1.29, 1.82) is 0 Å². The summed E-state index contributed by atoms with van der Waals surface area (Å²) in [6.45, 7) is 6.84. The van der Waals surface area contributed by atoms with Crippen molar-refractivity contribution in [3.8, 4) is 0 Å². The van der Waals surface area contributed by atoms with E-state index in [-0.39, 0.29) is 23.2 Å². The lowest BCUT2D eigenvalue weighted by molar-refractivity contribution is -0.119. The smallest absolute Gasteiger partial charge is 0.225 e. The van der Waals surface area contributed by atoms with Gasteiger partial charge in [0.1, 0.15) is 6.23 Å². The van der Waals surface area contributed by atoms with Gasteiger partial charge in [-0.3, -0.25) is 14.7 Å². The first-order valence-corrected chi connectivity index (χ1v) is 11.3. The normalized spacial score (nSPS) is 27.0. The van der Waals surface area contributed by atoms with E-state index in [9.17, 15) is 9.90 Å². The summed E-state index contributed by atoms with van der Waals surface area (Å²) in [4.78, 5) is 21.0. The fourth-order valence-electron chi connectivity index (χ4n) is 5.73. The van der Waals surface area contributed by atoms with Gasteiger partial charge in [0.15, 0.2) is 0 Å². The molecule has 3 heterocycles. The van der Waals surface area contributed by atoms with E-state index in [2.05, 4.69) is 35.0 Å². The van der Waals surface area contributed by atoms with Crippen molar-refractivity contribution in [2.45, 2.75) is 45.3 Å². The Morgan fingerprint density at radius 1 is 1.23 bits per heavy atom. The lowest BCUT2D eigenvalue weighted by atomic mass is 9.69. The van der Waals surface area contributed by atoms with Crippen LogP contribution >= 0.6 is 0 Å². The maximum absolute atomic E-state index is 12.5. The zero-order valence-corrected chi connectivity index (χ0v) is 18.3. The molecule has 3 aliphatic rings. The number of pyridine rings is 1. The second-order valence-electron chi connectivity index (χ2n) is 9.34. The summed E-state index contributed by atoms with van der Waals surface area (Å²) in [6, 6.07) is 12.5. The third-order valence-electron chi connectivity index (χ3n) is 7.39. The van der Waals surface area contributed by atoms with Gasteiger partial charge in [-0.15, -0.1) is 0 Å². The minimum Gasteiger partial charge on any atom is -0.378 e. The van der Waals surface area contributed by atoms with Crippen LogP contribution in [0.3, 0.4) is 0 Å². The van der Waals surface area contributed by atoms with Gasteiger partial charge in [-0.2, -0.15) is 0 Å². The number of hydrogen-bond acceptors (Lipinski definition) is 5. The fraction of sp³-hybridized carbons (Fsp3) is 0.520. The van der Waals surface area contributed by atoms with Crippen LogP contribution in [0.2, 0.25) is 0 Å². The minimum atomic E-state index is -0.814. The number of benzene rings is 1. The molecule has 0 spiro atoms. The highest BCUT2D eigenvalue weighted by molar-refractivity contribution is 5.94. The summed E-state index contributed by atoms with van der Waals surface area (Å²) in [6.07, 6.45) is 4.17. The molecule has 2 aliphatic heterocycles. The van der Waals surface area contributed by atoms with Gasteiger partial charge in [0.05, 0.1) is 13.2 Å². The molecule has 6 heteroatoms. The topological polar surface area (TPSA) is 65.9 Å². The van der Waals surface area contributed by atoms with Gasteiger partial charge in [-0.05, 0) is 66.5 Å². The predicted molar refractivity (Wildman–Crippen MR) is 120 cm³/mol. The summed E-state index contributed by atoms with van der Waals surface area (Å²) in [7, 11) is 0. The molecule has 1 aromatic heterocycles. The SMILES string of the molecule is CC(=O)N1c2ccc(N3CCOCC3)cc2C(C2(Cc3ccccn3)CC2)C(C)[C@@H]1O. The molecule has 2 aromatic rings. The van der Waals surface area contributed by atoms with Crippen LogP contribution in [0.5, 0.6) is 0 Å². The molecular weight excluding hydrogens is 390 g/mol. The highest BCUT2D eigenvalue weighted by Crippen LogP contribution is 2.63. The highest BCUT2D eigenvalue weighted by atomic mass is 16.5. The Morgan fingerprint density at radius 3 is 2.65 bits per heavy atom. The Labute approximate surface area is 183 Å². The number of aromatic nitrogens is 1. The van der Waals surface area contributed by atoms with Crippen molar-refractivity contribution >= 4 is 17.3 Å². The molecule has 1 saturated carbocycles. The van der Waals surface area contributed by atoms with Crippen molar-refractivity contribution < 1.29 is 14.6 Å². The number of hydrogen-bond donors (Lipinski definition) is 1. The molecule has 1 aromatic carbocycles. The Morgan fingerprint density at radius 2 is 2.00 bits per heavy atom. The molecule has 0 radical (unpaired) electrons. The molecule has 164 valence electrons. The largest absolute Gasteiger partial charge is 0.378 e. The van der Waals surface area contributed by atoms with E-state index in [1.54, 1.807) is 4.90 Å².